The van der Waals surface area contributed by atoms with Crippen molar-refractivity contribution in [3.05, 3.63) is 0 Å². The highest BCUT2D eigenvalue weighted by Crippen LogP contribution is 2.24. The second-order valence-electron chi connectivity index (χ2n) is 6.93. The van der Waals surface area contributed by atoms with E-state index in [9.17, 15) is 14.7 Å². The zero-order valence-corrected chi connectivity index (χ0v) is 14.2. The molecule has 0 aromatic carbocycles. The molecule has 0 saturated carbocycles. The van der Waals surface area contributed by atoms with Crippen LogP contribution in [0.4, 0.5) is 4.79 Å². The minimum atomic E-state index is -1.22. The fourth-order valence-electron chi connectivity index (χ4n) is 2.55. The Labute approximate surface area is 137 Å². The molecule has 1 aliphatic rings. The van der Waals surface area contributed by atoms with Crippen LogP contribution in [0.3, 0.4) is 0 Å². The number of aliphatic hydroxyl groups excluding tert-OH is 1. The van der Waals surface area contributed by atoms with Gasteiger partial charge in [0, 0.05) is 19.0 Å². The fraction of sp³-hybridized carbons (Fsp3) is 0.765. The fourth-order valence-corrected chi connectivity index (χ4v) is 2.55. The number of carboxylic acids is 1. The van der Waals surface area contributed by atoms with Crippen LogP contribution in [0.15, 0.2) is 0 Å². The number of nitrogens with zero attached hydrogens (tertiary/aromatic N) is 1. The molecule has 1 heterocycles. The van der Waals surface area contributed by atoms with Crippen molar-refractivity contribution >= 4 is 12.1 Å². The van der Waals surface area contributed by atoms with Gasteiger partial charge in [-0.15, -0.1) is 0 Å². The molecule has 0 aliphatic carbocycles. The van der Waals surface area contributed by atoms with E-state index in [1.54, 1.807) is 4.90 Å². The third kappa shape index (κ3) is 8.46. The topological polar surface area (TPSA) is 87.1 Å². The van der Waals surface area contributed by atoms with Gasteiger partial charge in [0.05, 0.1) is 0 Å². The molecule has 1 rings (SSSR count). The van der Waals surface area contributed by atoms with E-state index in [4.69, 9.17) is 9.84 Å². The number of hydrogen-bond acceptors (Lipinski definition) is 4. The first-order valence-electron chi connectivity index (χ1n) is 8.08. The molecule has 6 nitrogen and oxygen atoms in total. The van der Waals surface area contributed by atoms with E-state index >= 15 is 0 Å². The van der Waals surface area contributed by atoms with Gasteiger partial charge < -0.3 is 19.8 Å². The van der Waals surface area contributed by atoms with Crippen molar-refractivity contribution in [1.29, 1.82) is 0 Å². The Hall–Kier alpha value is -1.74. The maximum atomic E-state index is 12.0. The molecule has 23 heavy (non-hydrogen) atoms. The van der Waals surface area contributed by atoms with Crippen LogP contribution in [0, 0.1) is 17.8 Å². The number of carboxylic acid groups (broad SMARTS) is 1. The largest absolute Gasteiger partial charge is 0.472 e. The van der Waals surface area contributed by atoms with Gasteiger partial charge in [-0.2, -0.15) is 0 Å². The molecule has 1 fully saturated rings. The molecule has 130 valence electrons. The van der Waals surface area contributed by atoms with Crippen LogP contribution in [0.1, 0.15) is 52.9 Å². The molecule has 0 unspecified atom stereocenters. The molecule has 0 bridgehead atoms. The van der Waals surface area contributed by atoms with E-state index in [0.717, 1.165) is 25.7 Å². The Bertz CT molecular complexity index is 464. The van der Waals surface area contributed by atoms with E-state index in [1.165, 1.54) is 0 Å². The Kier molecular flexibility index (Phi) is 7.37. The van der Waals surface area contributed by atoms with Gasteiger partial charge >= 0.3 is 12.1 Å². The van der Waals surface area contributed by atoms with Crippen molar-refractivity contribution in [2.24, 2.45) is 5.92 Å². The van der Waals surface area contributed by atoms with Gasteiger partial charge in [0.25, 0.3) is 0 Å². The molecular weight excluding hydrogens is 298 g/mol. The number of aliphatic carboxylic acids is 1. The first-order chi connectivity index (χ1) is 10.7. The Morgan fingerprint density at radius 2 is 1.91 bits per heavy atom. The number of rotatable bonds is 4. The predicted octanol–water partition coefficient (Wildman–Crippen LogP) is 2.25. The highest BCUT2D eigenvalue weighted by atomic mass is 16.6. The van der Waals surface area contributed by atoms with Crippen LogP contribution in [0.25, 0.3) is 0 Å². The molecular formula is C17H27NO5. The average molecular weight is 325 g/mol. The number of carbonyl (C=O) groups is 2. The Morgan fingerprint density at radius 3 is 2.43 bits per heavy atom. The molecule has 0 radical (unpaired) electrons. The van der Waals surface area contributed by atoms with Crippen LogP contribution < -0.4 is 0 Å². The van der Waals surface area contributed by atoms with Crippen LogP contribution in [-0.2, 0) is 9.53 Å². The molecule has 1 aliphatic heterocycles. The second kappa shape index (κ2) is 8.78. The summed E-state index contributed by atoms with van der Waals surface area (Å²) in [6.45, 7) is 6.96. The summed E-state index contributed by atoms with van der Waals surface area (Å²) in [5.74, 6) is 3.53. The van der Waals surface area contributed by atoms with Crippen LogP contribution in [0.5, 0.6) is 0 Å². The zero-order chi connectivity index (χ0) is 17.5. The molecule has 1 saturated heterocycles. The zero-order valence-electron chi connectivity index (χ0n) is 14.2. The number of likely N-dealkylation sites (tertiary alicyclic amines) is 1. The van der Waals surface area contributed by atoms with Gasteiger partial charge in [0.2, 0.25) is 0 Å². The van der Waals surface area contributed by atoms with E-state index in [-0.39, 0.29) is 6.09 Å². The van der Waals surface area contributed by atoms with Gasteiger partial charge in [-0.25, -0.2) is 9.59 Å². The standard InChI is InChI=1S/C17H27NO5/c1-17(2,3)23-16(22)18-11-9-13(10-12-18)5-4-6-14(19)7-8-15(20)21/h13-14,19H,4-6,9-12H2,1-3H3,(H,20,21)/t14-/m0/s1. The molecule has 6 heteroatoms. The minimum Gasteiger partial charge on any atom is -0.472 e. The third-order valence-corrected chi connectivity index (χ3v) is 3.70. The second-order valence-corrected chi connectivity index (χ2v) is 6.93. The van der Waals surface area contributed by atoms with Crippen molar-refractivity contribution in [2.75, 3.05) is 13.1 Å². The lowest BCUT2D eigenvalue weighted by atomic mass is 9.91. The van der Waals surface area contributed by atoms with Crippen LogP contribution in [0.2, 0.25) is 0 Å². The monoisotopic (exact) mass is 325 g/mol. The molecule has 1 atom stereocenters. The summed E-state index contributed by atoms with van der Waals surface area (Å²) in [4.78, 5) is 24.0. The summed E-state index contributed by atoms with van der Waals surface area (Å²) in [7, 11) is 0. The summed E-state index contributed by atoms with van der Waals surface area (Å²) < 4.78 is 5.36. The van der Waals surface area contributed by atoms with Crippen molar-refractivity contribution < 1.29 is 24.5 Å². The van der Waals surface area contributed by atoms with Gasteiger partial charge in [0.15, 0.2) is 0 Å². The maximum absolute atomic E-state index is 12.0. The summed E-state index contributed by atoms with van der Waals surface area (Å²) >= 11 is 0. The number of hydrogen-bond donors (Lipinski definition) is 2. The number of ether oxygens (including phenoxy) is 1. The van der Waals surface area contributed by atoms with E-state index < -0.39 is 17.7 Å². The molecule has 0 spiro atoms. The maximum Gasteiger partial charge on any atom is 0.410 e. The summed E-state index contributed by atoms with van der Waals surface area (Å²) in [5, 5.41) is 17.9. The van der Waals surface area contributed by atoms with Gasteiger partial charge in [0.1, 0.15) is 11.7 Å². The van der Waals surface area contributed by atoms with Crippen LogP contribution >= 0.6 is 0 Å². The quantitative estimate of drug-likeness (QED) is 0.774. The lowest BCUT2D eigenvalue weighted by molar-refractivity contribution is -0.130. The normalized spacial score (nSPS) is 17.1. The van der Waals surface area contributed by atoms with Gasteiger partial charge in [-0.3, -0.25) is 0 Å². The molecule has 0 aromatic heterocycles. The predicted molar refractivity (Wildman–Crippen MR) is 85.8 cm³/mol. The summed E-state index contributed by atoms with van der Waals surface area (Å²) in [6, 6.07) is 0. The first kappa shape index (κ1) is 19.3. The summed E-state index contributed by atoms with van der Waals surface area (Å²) in [5.41, 5.74) is -0.471. The molecule has 0 aromatic rings. The Balaban J connectivity index is 2.23. The number of carbonyl (C=O) groups excluding carboxylic acids is 1. The van der Waals surface area contributed by atoms with E-state index in [1.807, 2.05) is 26.7 Å². The van der Waals surface area contributed by atoms with Crippen molar-refractivity contribution in [2.45, 2.75) is 64.6 Å². The minimum absolute atomic E-state index is 0.254. The van der Waals surface area contributed by atoms with Gasteiger partial charge in [-0.1, -0.05) is 12.3 Å². The highest BCUT2D eigenvalue weighted by Gasteiger charge is 2.26. The number of aliphatic hydroxyl groups is 1. The number of piperidine rings is 1. The van der Waals surface area contributed by atoms with Crippen molar-refractivity contribution in [3.8, 4) is 11.8 Å². The van der Waals surface area contributed by atoms with E-state index in [2.05, 4.69) is 5.92 Å². The van der Waals surface area contributed by atoms with E-state index in [0.29, 0.717) is 25.4 Å². The number of amides is 1. The average Bonchev–Trinajstić information content (AvgIpc) is 2.44. The van der Waals surface area contributed by atoms with Crippen molar-refractivity contribution in [3.63, 3.8) is 0 Å². The lowest BCUT2D eigenvalue weighted by Gasteiger charge is -2.33. The molecule has 2 N–H and O–H groups in total. The lowest BCUT2D eigenvalue weighted by Crippen LogP contribution is -2.41. The highest BCUT2D eigenvalue weighted by molar-refractivity contribution is 5.86. The van der Waals surface area contributed by atoms with Gasteiger partial charge in [-0.05, 0) is 52.4 Å². The summed E-state index contributed by atoms with van der Waals surface area (Å²) in [6.07, 6.45) is 2.95. The molecule has 1 amide bonds. The third-order valence-electron chi connectivity index (χ3n) is 3.70. The Morgan fingerprint density at radius 1 is 1.30 bits per heavy atom. The smallest absolute Gasteiger partial charge is 0.410 e. The SMILES string of the molecule is CC(C)(C)OC(=O)N1CCC(CCC[C@H](O)C#CC(=O)O)CC1. The van der Waals surface area contributed by atoms with Crippen LogP contribution in [-0.4, -0.2) is 52.0 Å². The van der Waals surface area contributed by atoms with Crippen molar-refractivity contribution in [1.82, 2.24) is 4.90 Å². The first-order valence-corrected chi connectivity index (χ1v) is 8.08.